The van der Waals surface area contributed by atoms with Crippen LogP contribution >= 0.6 is 11.6 Å². The lowest BCUT2D eigenvalue weighted by molar-refractivity contribution is -0.137. The van der Waals surface area contributed by atoms with Crippen LogP contribution in [0.1, 0.15) is 47.7 Å². The second-order valence-corrected chi connectivity index (χ2v) is 8.40. The van der Waals surface area contributed by atoms with E-state index in [9.17, 15) is 22.8 Å². The second-order valence-electron chi connectivity index (χ2n) is 7.99. The maximum Gasteiger partial charge on any atom is 0.416 e. The minimum Gasteiger partial charge on any atom is -0.338 e. The molecule has 4 nitrogen and oxygen atoms in total. The van der Waals surface area contributed by atoms with Gasteiger partial charge in [-0.2, -0.15) is 13.2 Å². The molecule has 8 heteroatoms. The topological polar surface area (TPSA) is 40.6 Å². The van der Waals surface area contributed by atoms with Crippen LogP contribution in [0.25, 0.3) is 6.08 Å². The minimum absolute atomic E-state index is 0.0264. The van der Waals surface area contributed by atoms with Gasteiger partial charge in [0.05, 0.1) is 5.56 Å². The predicted octanol–water partition coefficient (Wildman–Crippen LogP) is 5.92. The van der Waals surface area contributed by atoms with Crippen LogP contribution in [-0.4, -0.2) is 47.3 Å². The number of amides is 2. The molecule has 3 rings (SSSR count). The van der Waals surface area contributed by atoms with Crippen LogP contribution in [0.4, 0.5) is 13.2 Å². The summed E-state index contributed by atoms with van der Waals surface area (Å²) in [5.41, 5.74) is -0.0437. The molecule has 1 heterocycles. The fourth-order valence-corrected chi connectivity index (χ4v) is 4.14. The van der Waals surface area contributed by atoms with E-state index in [2.05, 4.69) is 0 Å². The zero-order valence-corrected chi connectivity index (χ0v) is 19.1. The van der Waals surface area contributed by atoms with E-state index < -0.39 is 11.7 Å². The van der Waals surface area contributed by atoms with E-state index in [0.29, 0.717) is 38.0 Å². The third-order valence-corrected chi connectivity index (χ3v) is 6.03. The van der Waals surface area contributed by atoms with E-state index in [1.807, 2.05) is 25.1 Å². The molecule has 1 aliphatic heterocycles. The summed E-state index contributed by atoms with van der Waals surface area (Å²) in [5.74, 6) is -0.306. The van der Waals surface area contributed by atoms with Crippen molar-refractivity contribution in [3.05, 3.63) is 76.3 Å². The Hall–Kier alpha value is -2.80. The van der Waals surface area contributed by atoms with E-state index >= 15 is 0 Å². The lowest BCUT2D eigenvalue weighted by atomic mass is 10.0. The Morgan fingerprint density at radius 3 is 2.39 bits per heavy atom. The van der Waals surface area contributed by atoms with Gasteiger partial charge >= 0.3 is 6.18 Å². The van der Waals surface area contributed by atoms with E-state index in [1.165, 1.54) is 18.2 Å². The molecule has 0 saturated carbocycles. The average Bonchev–Trinajstić information content (AvgIpc) is 2.81. The van der Waals surface area contributed by atoms with Crippen molar-refractivity contribution in [1.29, 1.82) is 0 Å². The number of alkyl halides is 3. The first-order valence-corrected chi connectivity index (χ1v) is 11.3. The fourth-order valence-electron chi connectivity index (χ4n) is 3.96. The summed E-state index contributed by atoms with van der Waals surface area (Å²) in [6, 6.07) is 12.1. The monoisotopic (exact) mass is 478 g/mol. The van der Waals surface area contributed by atoms with E-state index in [0.717, 1.165) is 18.6 Å². The number of piperidine rings is 1. The van der Waals surface area contributed by atoms with Crippen molar-refractivity contribution < 1.29 is 22.8 Å². The molecule has 1 fully saturated rings. The highest BCUT2D eigenvalue weighted by Crippen LogP contribution is 2.32. The first-order valence-electron chi connectivity index (χ1n) is 10.9. The zero-order valence-electron chi connectivity index (χ0n) is 18.3. The minimum atomic E-state index is -4.49. The quantitative estimate of drug-likeness (QED) is 0.484. The summed E-state index contributed by atoms with van der Waals surface area (Å²) in [4.78, 5) is 29.1. The SMILES string of the molecule is CCCN(C(=O)/C=C/c1cc(C(F)(F)F)ccc1Cl)C1CCN(C(=O)c2ccccc2)CC1. The molecule has 33 heavy (non-hydrogen) atoms. The highest BCUT2D eigenvalue weighted by Gasteiger charge is 2.31. The van der Waals surface area contributed by atoms with E-state index in [-0.39, 0.29) is 28.4 Å². The molecule has 1 aliphatic rings. The number of benzene rings is 2. The van der Waals surface area contributed by atoms with Gasteiger partial charge in [-0.15, -0.1) is 0 Å². The molecule has 0 unspecified atom stereocenters. The molecule has 2 aromatic carbocycles. The molecule has 0 radical (unpaired) electrons. The molecular weight excluding hydrogens is 453 g/mol. The van der Waals surface area contributed by atoms with Gasteiger partial charge in [0.1, 0.15) is 0 Å². The van der Waals surface area contributed by atoms with Crippen LogP contribution in [0.2, 0.25) is 5.02 Å². The standard InChI is InChI=1S/C25H26ClF3N2O2/c1-2-14-31(21-12-15-30(16-13-21)24(33)18-6-4-3-5-7-18)23(32)11-8-19-17-20(25(27,28)29)9-10-22(19)26/h3-11,17,21H,2,12-16H2,1H3/b11-8+. The molecule has 1 saturated heterocycles. The maximum absolute atomic E-state index is 13.0. The molecule has 2 amide bonds. The number of carbonyl (C=O) groups excluding carboxylic acids is 2. The van der Waals surface area contributed by atoms with Gasteiger partial charge in [-0.25, -0.2) is 0 Å². The van der Waals surface area contributed by atoms with Crippen LogP contribution < -0.4 is 0 Å². The molecule has 0 N–H and O–H groups in total. The van der Waals surface area contributed by atoms with Crippen LogP contribution in [0.3, 0.4) is 0 Å². The summed E-state index contributed by atoms with van der Waals surface area (Å²) in [6.45, 7) is 3.56. The third-order valence-electron chi connectivity index (χ3n) is 5.69. The Balaban J connectivity index is 1.67. The first-order chi connectivity index (χ1) is 15.7. The van der Waals surface area contributed by atoms with Crippen molar-refractivity contribution in [2.75, 3.05) is 19.6 Å². The summed E-state index contributed by atoms with van der Waals surface area (Å²) >= 11 is 6.03. The largest absolute Gasteiger partial charge is 0.416 e. The van der Waals surface area contributed by atoms with Gasteiger partial charge in [0.2, 0.25) is 5.91 Å². The van der Waals surface area contributed by atoms with Crippen LogP contribution in [0, 0.1) is 0 Å². The molecule has 0 spiro atoms. The van der Waals surface area contributed by atoms with Crippen molar-refractivity contribution in [1.82, 2.24) is 9.80 Å². The van der Waals surface area contributed by atoms with Crippen LogP contribution in [0.15, 0.2) is 54.6 Å². The van der Waals surface area contributed by atoms with Gasteiger partial charge in [0.15, 0.2) is 0 Å². The number of likely N-dealkylation sites (tertiary alicyclic amines) is 1. The normalized spacial score (nSPS) is 15.1. The van der Waals surface area contributed by atoms with Crippen molar-refractivity contribution >= 4 is 29.5 Å². The molecule has 0 bridgehead atoms. The summed E-state index contributed by atoms with van der Waals surface area (Å²) in [7, 11) is 0. The number of hydrogen-bond acceptors (Lipinski definition) is 2. The molecule has 0 aromatic heterocycles. The van der Waals surface area contributed by atoms with Crippen molar-refractivity contribution in [2.45, 2.75) is 38.4 Å². The zero-order chi connectivity index (χ0) is 24.0. The fraction of sp³-hybridized carbons (Fsp3) is 0.360. The van der Waals surface area contributed by atoms with Gasteiger partial charge in [-0.05, 0) is 61.2 Å². The van der Waals surface area contributed by atoms with Crippen molar-refractivity contribution in [2.24, 2.45) is 0 Å². The van der Waals surface area contributed by atoms with Gasteiger partial charge in [0.25, 0.3) is 5.91 Å². The highest BCUT2D eigenvalue weighted by atomic mass is 35.5. The predicted molar refractivity (Wildman–Crippen MR) is 123 cm³/mol. The van der Waals surface area contributed by atoms with Gasteiger partial charge in [-0.3, -0.25) is 9.59 Å². The summed E-state index contributed by atoms with van der Waals surface area (Å²) < 4.78 is 39.0. The van der Waals surface area contributed by atoms with E-state index in [1.54, 1.807) is 21.9 Å². The maximum atomic E-state index is 13.0. The Labute approximate surface area is 196 Å². The second kappa shape index (κ2) is 10.9. The Morgan fingerprint density at radius 1 is 1.12 bits per heavy atom. The lowest BCUT2D eigenvalue weighted by Crippen LogP contribution is -2.48. The number of hydrogen-bond donors (Lipinski definition) is 0. The number of halogens is 4. The average molecular weight is 479 g/mol. The number of carbonyl (C=O) groups is 2. The Morgan fingerprint density at radius 2 is 1.79 bits per heavy atom. The van der Waals surface area contributed by atoms with Crippen molar-refractivity contribution in [3.63, 3.8) is 0 Å². The van der Waals surface area contributed by atoms with Crippen LogP contribution in [0.5, 0.6) is 0 Å². The molecule has 0 atom stereocenters. The molecular formula is C25H26ClF3N2O2. The lowest BCUT2D eigenvalue weighted by Gasteiger charge is -2.38. The molecule has 176 valence electrons. The smallest absolute Gasteiger partial charge is 0.338 e. The summed E-state index contributed by atoms with van der Waals surface area (Å²) in [6.07, 6.45) is 0.143. The molecule has 2 aromatic rings. The molecule has 0 aliphatic carbocycles. The third kappa shape index (κ3) is 6.38. The first kappa shape index (κ1) is 24.8. The van der Waals surface area contributed by atoms with E-state index in [4.69, 9.17) is 11.6 Å². The van der Waals surface area contributed by atoms with Gasteiger partial charge < -0.3 is 9.80 Å². The van der Waals surface area contributed by atoms with Gasteiger partial charge in [-0.1, -0.05) is 36.7 Å². The Kier molecular flexibility index (Phi) is 8.19. The Bertz CT molecular complexity index is 1000. The van der Waals surface area contributed by atoms with Gasteiger partial charge in [0, 0.05) is 42.3 Å². The highest BCUT2D eigenvalue weighted by molar-refractivity contribution is 6.32. The summed E-state index contributed by atoms with van der Waals surface area (Å²) in [5, 5.41) is 0.141. The van der Waals surface area contributed by atoms with Crippen molar-refractivity contribution in [3.8, 4) is 0 Å². The number of nitrogens with zero attached hydrogens (tertiary/aromatic N) is 2. The number of rotatable bonds is 6. The van der Waals surface area contributed by atoms with Crippen LogP contribution in [-0.2, 0) is 11.0 Å².